The second kappa shape index (κ2) is 16.3. The summed E-state index contributed by atoms with van der Waals surface area (Å²) in [4.78, 5) is 46.4. The van der Waals surface area contributed by atoms with E-state index in [9.17, 15) is 24.6 Å². The Morgan fingerprint density at radius 1 is 0.963 bits per heavy atom. The van der Waals surface area contributed by atoms with Gasteiger partial charge in [0.05, 0.1) is 22.6 Å². The number of aryl methyl sites for hydroxylation is 3. The highest BCUT2D eigenvalue weighted by Crippen LogP contribution is 2.37. The quantitative estimate of drug-likeness (QED) is 0.103. The van der Waals surface area contributed by atoms with Crippen molar-refractivity contribution in [3.63, 3.8) is 0 Å². The minimum atomic E-state index is -0.444. The molecule has 5 aromatic rings. The van der Waals surface area contributed by atoms with E-state index >= 15 is 0 Å². The molecule has 0 saturated carbocycles. The Morgan fingerprint density at radius 3 is 2.31 bits per heavy atom. The number of phenols is 2. The van der Waals surface area contributed by atoms with Crippen molar-refractivity contribution in [1.82, 2.24) is 34.9 Å². The summed E-state index contributed by atoms with van der Waals surface area (Å²) in [5.74, 6) is 0.182. The third-order valence-corrected chi connectivity index (χ3v) is 9.89. The lowest BCUT2D eigenvalue weighted by Gasteiger charge is -2.34. The predicted molar refractivity (Wildman–Crippen MR) is 208 cm³/mol. The molecule has 0 spiro atoms. The maximum absolute atomic E-state index is 13.4. The molecule has 1 fully saturated rings. The average molecular weight is 733 g/mol. The zero-order valence-corrected chi connectivity index (χ0v) is 31.1. The zero-order valence-electron chi connectivity index (χ0n) is 31.1. The van der Waals surface area contributed by atoms with Crippen molar-refractivity contribution >= 4 is 11.8 Å². The monoisotopic (exact) mass is 732 g/mol. The molecule has 2 aromatic heterocycles. The predicted octanol–water partition coefficient (Wildman–Crippen LogP) is 5.08. The van der Waals surface area contributed by atoms with Crippen LogP contribution in [0, 0.1) is 6.92 Å². The molecule has 0 radical (unpaired) electrons. The number of carbonyl (C=O) groups is 2. The number of nitrogens with zero attached hydrogens (tertiary/aromatic N) is 4. The molecule has 3 heterocycles. The fourth-order valence-electron chi connectivity index (χ4n) is 6.90. The first-order chi connectivity index (χ1) is 25.9. The molecule has 7 N–H and O–H groups in total. The van der Waals surface area contributed by atoms with Crippen LogP contribution in [0.4, 0.5) is 0 Å². The van der Waals surface area contributed by atoms with Crippen LogP contribution in [-0.4, -0.2) is 77.8 Å². The Balaban J connectivity index is 1.02. The van der Waals surface area contributed by atoms with Crippen molar-refractivity contribution in [2.45, 2.75) is 59.4 Å². The number of benzene rings is 3. The van der Waals surface area contributed by atoms with Crippen molar-refractivity contribution in [3.05, 3.63) is 128 Å². The van der Waals surface area contributed by atoms with Crippen molar-refractivity contribution < 1.29 is 19.8 Å². The largest absolute Gasteiger partial charge is 0.508 e. The third-order valence-electron chi connectivity index (χ3n) is 9.89. The van der Waals surface area contributed by atoms with Crippen LogP contribution < -0.4 is 16.7 Å². The van der Waals surface area contributed by atoms with Gasteiger partial charge in [0.1, 0.15) is 11.5 Å². The number of allylic oxidation sites excluding steroid dienone is 1. The van der Waals surface area contributed by atoms with Gasteiger partial charge in [-0.05, 0) is 90.8 Å². The number of piperazine rings is 1. The second-order valence-corrected chi connectivity index (χ2v) is 14.0. The van der Waals surface area contributed by atoms with E-state index in [4.69, 9.17) is 5.73 Å². The minimum Gasteiger partial charge on any atom is -0.508 e. The topological polar surface area (TPSA) is 186 Å². The molecular weight excluding hydrogens is 685 g/mol. The van der Waals surface area contributed by atoms with Gasteiger partial charge in [-0.3, -0.25) is 14.5 Å². The van der Waals surface area contributed by atoms with E-state index in [0.29, 0.717) is 66.2 Å². The average Bonchev–Trinajstić information content (AvgIpc) is 3.72. The molecule has 0 atom stereocenters. The van der Waals surface area contributed by atoms with Gasteiger partial charge in [-0.25, -0.2) is 14.5 Å². The Kier molecular flexibility index (Phi) is 11.4. The number of hydrogen-bond donors (Lipinski definition) is 6. The number of H-pyrrole nitrogens is 2. The molecule has 282 valence electrons. The summed E-state index contributed by atoms with van der Waals surface area (Å²) in [5, 5.41) is 30.3. The first kappa shape index (κ1) is 37.7. The lowest BCUT2D eigenvalue weighted by atomic mass is 9.98. The number of aromatic hydroxyl groups is 2. The first-order valence-corrected chi connectivity index (χ1v) is 18.3. The van der Waals surface area contributed by atoms with Gasteiger partial charge >= 0.3 is 5.69 Å². The van der Waals surface area contributed by atoms with Crippen LogP contribution in [0.25, 0.3) is 17.1 Å². The molecule has 1 aliphatic heterocycles. The summed E-state index contributed by atoms with van der Waals surface area (Å²) in [5.41, 5.74) is 12.1. The van der Waals surface area contributed by atoms with Crippen LogP contribution in [-0.2, 0) is 19.4 Å². The Hall–Kier alpha value is -6.08. The summed E-state index contributed by atoms with van der Waals surface area (Å²) in [7, 11) is 0. The van der Waals surface area contributed by atoms with Gasteiger partial charge in [0, 0.05) is 56.2 Å². The number of rotatable bonds is 12. The van der Waals surface area contributed by atoms with Gasteiger partial charge < -0.3 is 31.1 Å². The van der Waals surface area contributed by atoms with E-state index in [1.807, 2.05) is 87.3 Å². The summed E-state index contributed by atoms with van der Waals surface area (Å²) >= 11 is 0. The number of amides is 2. The fourth-order valence-corrected chi connectivity index (χ4v) is 6.90. The minimum absolute atomic E-state index is 0.00242. The Labute approximate surface area is 314 Å². The van der Waals surface area contributed by atoms with Crippen LogP contribution >= 0.6 is 0 Å². The van der Waals surface area contributed by atoms with Gasteiger partial charge in [-0.1, -0.05) is 45.0 Å². The van der Waals surface area contributed by atoms with E-state index in [0.717, 1.165) is 41.9 Å². The van der Waals surface area contributed by atoms with Gasteiger partial charge in [0.2, 0.25) is 0 Å². The number of aromatic nitrogens is 4. The number of nitrogens with one attached hydrogen (secondary N) is 3. The normalized spacial score (nSPS) is 13.8. The Morgan fingerprint density at radius 2 is 1.65 bits per heavy atom. The molecule has 0 bridgehead atoms. The zero-order chi connectivity index (χ0) is 38.5. The van der Waals surface area contributed by atoms with E-state index in [2.05, 4.69) is 25.4 Å². The number of aromatic amines is 2. The lowest BCUT2D eigenvalue weighted by Crippen LogP contribution is -2.48. The summed E-state index contributed by atoms with van der Waals surface area (Å²) in [6.07, 6.45) is 5.74. The standard InChI is InChI=1S/C41H48N8O5/c1-5-6-36(42)44-39(52)37-26(4)43-23-30(37)14-9-27-7-12-29(13-8-27)40(53)48-19-17-47(18-20-48)24-28-10-15-31(16-11-28)49-38(45-46-41(49)54)33-21-32(25(2)3)34(50)22-35(33)51/h6-8,10-13,15-16,21-23,25,43,50-51H,5,9,14,17-20,24,42H2,1-4H3,(H,44,52)(H,46,54)/b36-6+. The Bertz CT molecular complexity index is 2210. The van der Waals surface area contributed by atoms with E-state index < -0.39 is 5.69 Å². The van der Waals surface area contributed by atoms with E-state index in [1.54, 1.807) is 12.1 Å². The van der Waals surface area contributed by atoms with Crippen LogP contribution in [0.2, 0.25) is 0 Å². The molecule has 0 unspecified atom stereocenters. The van der Waals surface area contributed by atoms with Crippen LogP contribution in [0.5, 0.6) is 11.5 Å². The van der Waals surface area contributed by atoms with Crippen molar-refractivity contribution in [2.75, 3.05) is 26.2 Å². The molecule has 2 amide bonds. The molecule has 13 heteroatoms. The molecule has 1 saturated heterocycles. The van der Waals surface area contributed by atoms with Crippen LogP contribution in [0.1, 0.15) is 81.8 Å². The maximum Gasteiger partial charge on any atom is 0.348 e. The lowest BCUT2D eigenvalue weighted by molar-refractivity contribution is 0.0628. The van der Waals surface area contributed by atoms with E-state index in [1.165, 1.54) is 10.6 Å². The number of hydrogen-bond acceptors (Lipinski definition) is 8. The fraction of sp³-hybridized carbons (Fsp3) is 0.317. The highest BCUT2D eigenvalue weighted by Gasteiger charge is 2.24. The molecule has 54 heavy (non-hydrogen) atoms. The highest BCUT2D eigenvalue weighted by atomic mass is 16.3. The third kappa shape index (κ3) is 8.26. The number of carbonyl (C=O) groups excluding carboxylic acids is 2. The number of phenolic OH excluding ortho intramolecular Hbond substituents is 2. The number of nitrogens with two attached hydrogens (primary N) is 1. The smallest absolute Gasteiger partial charge is 0.348 e. The second-order valence-electron chi connectivity index (χ2n) is 14.0. The molecule has 13 nitrogen and oxygen atoms in total. The van der Waals surface area contributed by atoms with Crippen molar-refractivity contribution in [2.24, 2.45) is 5.73 Å². The van der Waals surface area contributed by atoms with Gasteiger partial charge in [-0.15, -0.1) is 0 Å². The van der Waals surface area contributed by atoms with Crippen LogP contribution in [0.3, 0.4) is 0 Å². The van der Waals surface area contributed by atoms with Gasteiger partial charge in [-0.2, -0.15) is 5.10 Å². The maximum atomic E-state index is 13.4. The van der Waals surface area contributed by atoms with Gasteiger partial charge in [0.25, 0.3) is 11.8 Å². The summed E-state index contributed by atoms with van der Waals surface area (Å²) in [6.45, 7) is 11.0. The van der Waals surface area contributed by atoms with Crippen molar-refractivity contribution in [3.8, 4) is 28.6 Å². The molecule has 6 rings (SSSR count). The van der Waals surface area contributed by atoms with Gasteiger partial charge in [0.15, 0.2) is 5.82 Å². The molecule has 0 aliphatic carbocycles. The summed E-state index contributed by atoms with van der Waals surface area (Å²) in [6, 6.07) is 18.3. The SMILES string of the molecule is CC/C=C(\N)NC(=O)c1c(CCc2ccc(C(=O)N3CCN(Cc4ccc(-n5c(-c6cc(C(C)C)c(O)cc6O)n[nH]c5=O)cc4)CC3)cc2)c[nH]c1C. The summed E-state index contributed by atoms with van der Waals surface area (Å²) < 4.78 is 1.40. The van der Waals surface area contributed by atoms with E-state index in [-0.39, 0.29) is 35.1 Å². The first-order valence-electron chi connectivity index (χ1n) is 18.3. The molecule has 1 aliphatic rings. The molecular formula is C41H48N8O5. The van der Waals surface area contributed by atoms with Crippen LogP contribution in [0.15, 0.2) is 83.6 Å². The highest BCUT2D eigenvalue weighted by molar-refractivity contribution is 5.98. The molecule has 3 aromatic carbocycles. The van der Waals surface area contributed by atoms with Crippen molar-refractivity contribution in [1.29, 1.82) is 0 Å².